The first-order valence-corrected chi connectivity index (χ1v) is 6.80. The number of aliphatic hydroxyl groups is 1. The van der Waals surface area contributed by atoms with Crippen LogP contribution in [0.25, 0.3) is 0 Å². The highest BCUT2D eigenvalue weighted by atomic mass is 16.3. The lowest BCUT2D eigenvalue weighted by Gasteiger charge is -2.30. The van der Waals surface area contributed by atoms with Crippen molar-refractivity contribution in [1.82, 2.24) is 25.2 Å². The van der Waals surface area contributed by atoms with Crippen LogP contribution in [0.5, 0.6) is 0 Å². The summed E-state index contributed by atoms with van der Waals surface area (Å²) in [5, 5.41) is 20.3. The fourth-order valence-electron chi connectivity index (χ4n) is 2.49. The van der Waals surface area contributed by atoms with Crippen molar-refractivity contribution in [3.05, 3.63) is 11.9 Å². The maximum Gasteiger partial charge on any atom is 0.276 e. The molecule has 1 amide bonds. The highest BCUT2D eigenvalue weighted by Gasteiger charge is 2.26. The molecule has 0 bridgehead atoms. The zero-order valence-electron chi connectivity index (χ0n) is 10.8. The van der Waals surface area contributed by atoms with E-state index in [-0.39, 0.29) is 12.5 Å². The molecular formula is C12H19N5O2. The molecule has 19 heavy (non-hydrogen) atoms. The van der Waals surface area contributed by atoms with Crippen LogP contribution in [0.2, 0.25) is 0 Å². The predicted octanol–water partition coefficient (Wildman–Crippen LogP) is -0.733. The van der Waals surface area contributed by atoms with Crippen molar-refractivity contribution in [2.24, 2.45) is 5.92 Å². The Hall–Kier alpha value is -1.47. The number of rotatable bonds is 3. The minimum atomic E-state index is -0.0464. The Bertz CT molecular complexity index is 449. The Morgan fingerprint density at radius 2 is 2.16 bits per heavy atom. The maximum absolute atomic E-state index is 12.3. The van der Waals surface area contributed by atoms with Gasteiger partial charge in [-0.05, 0) is 18.8 Å². The molecule has 1 aromatic heterocycles. The molecule has 3 heterocycles. The van der Waals surface area contributed by atoms with Crippen LogP contribution >= 0.6 is 0 Å². The third kappa shape index (κ3) is 2.48. The molecule has 0 aromatic carbocycles. The number of aromatic nitrogens is 3. The third-order valence-electron chi connectivity index (χ3n) is 4.02. The number of amides is 1. The van der Waals surface area contributed by atoms with Crippen molar-refractivity contribution >= 4 is 5.91 Å². The molecule has 2 aliphatic heterocycles. The lowest BCUT2D eigenvalue weighted by molar-refractivity contribution is 0.0645. The first-order chi connectivity index (χ1) is 9.28. The van der Waals surface area contributed by atoms with Crippen molar-refractivity contribution in [2.45, 2.75) is 18.9 Å². The molecule has 7 heteroatoms. The van der Waals surface area contributed by atoms with Crippen molar-refractivity contribution in [3.63, 3.8) is 0 Å². The first-order valence-electron chi connectivity index (χ1n) is 6.80. The van der Waals surface area contributed by atoms with Crippen LogP contribution in [-0.4, -0.2) is 63.7 Å². The molecule has 0 unspecified atom stereocenters. The van der Waals surface area contributed by atoms with Gasteiger partial charge in [0.15, 0.2) is 5.69 Å². The SMILES string of the molecule is O=C(c1cn(C2CNC2)nn1)N1CCC(CO)CC1. The number of carbonyl (C=O) groups is 1. The molecule has 2 aliphatic rings. The van der Waals surface area contributed by atoms with E-state index in [4.69, 9.17) is 5.11 Å². The average Bonchev–Trinajstić information content (AvgIpc) is 2.85. The predicted molar refractivity (Wildman–Crippen MR) is 67.6 cm³/mol. The molecule has 0 aliphatic carbocycles. The Morgan fingerprint density at radius 3 is 2.74 bits per heavy atom. The highest BCUT2D eigenvalue weighted by Crippen LogP contribution is 2.18. The standard InChI is InChI=1S/C12H19N5O2/c18-8-9-1-3-16(4-2-9)12(19)11-7-17(15-14-11)10-5-13-6-10/h7,9-10,13,18H,1-6,8H2. The fraction of sp³-hybridized carbons (Fsp3) is 0.750. The van der Waals surface area contributed by atoms with E-state index in [0.717, 1.165) is 25.9 Å². The number of carbonyl (C=O) groups excluding carboxylic acids is 1. The van der Waals surface area contributed by atoms with Gasteiger partial charge in [-0.3, -0.25) is 4.79 Å². The molecule has 2 fully saturated rings. The summed E-state index contributed by atoms with van der Waals surface area (Å²) in [5.41, 5.74) is 0.425. The van der Waals surface area contributed by atoms with Gasteiger partial charge in [-0.25, -0.2) is 4.68 Å². The largest absolute Gasteiger partial charge is 0.396 e. The van der Waals surface area contributed by atoms with Crippen molar-refractivity contribution < 1.29 is 9.90 Å². The van der Waals surface area contributed by atoms with Gasteiger partial charge in [-0.1, -0.05) is 5.21 Å². The van der Waals surface area contributed by atoms with Gasteiger partial charge in [-0.15, -0.1) is 5.10 Å². The molecule has 0 radical (unpaired) electrons. The summed E-state index contributed by atoms with van der Waals surface area (Å²) >= 11 is 0. The summed E-state index contributed by atoms with van der Waals surface area (Å²) in [5.74, 6) is 0.288. The lowest BCUT2D eigenvalue weighted by Crippen LogP contribution is -2.43. The van der Waals surface area contributed by atoms with E-state index >= 15 is 0 Å². The number of likely N-dealkylation sites (tertiary alicyclic amines) is 1. The van der Waals surface area contributed by atoms with Gasteiger partial charge < -0.3 is 15.3 Å². The Labute approximate surface area is 111 Å². The summed E-state index contributed by atoms with van der Waals surface area (Å²) in [6, 6.07) is 0.328. The summed E-state index contributed by atoms with van der Waals surface area (Å²) in [6.45, 7) is 3.38. The molecule has 1 aromatic rings. The van der Waals surface area contributed by atoms with E-state index < -0.39 is 0 Å². The van der Waals surface area contributed by atoms with E-state index in [2.05, 4.69) is 15.6 Å². The van der Waals surface area contributed by atoms with Crippen LogP contribution < -0.4 is 5.32 Å². The van der Waals surface area contributed by atoms with E-state index in [1.54, 1.807) is 15.8 Å². The van der Waals surface area contributed by atoms with Crippen LogP contribution in [0, 0.1) is 5.92 Å². The smallest absolute Gasteiger partial charge is 0.276 e. The van der Waals surface area contributed by atoms with Crippen molar-refractivity contribution in [3.8, 4) is 0 Å². The van der Waals surface area contributed by atoms with Crippen LogP contribution in [0.15, 0.2) is 6.20 Å². The van der Waals surface area contributed by atoms with E-state index in [0.29, 0.717) is 30.7 Å². The van der Waals surface area contributed by atoms with E-state index in [1.165, 1.54) is 0 Å². The van der Waals surface area contributed by atoms with Crippen molar-refractivity contribution in [1.29, 1.82) is 0 Å². The Balaban J connectivity index is 1.62. The van der Waals surface area contributed by atoms with Crippen molar-refractivity contribution in [2.75, 3.05) is 32.8 Å². The van der Waals surface area contributed by atoms with Crippen LogP contribution in [-0.2, 0) is 0 Å². The van der Waals surface area contributed by atoms with Gasteiger partial charge in [0.25, 0.3) is 5.91 Å². The first kappa shape index (κ1) is 12.6. The second-order valence-electron chi connectivity index (χ2n) is 5.31. The fourth-order valence-corrected chi connectivity index (χ4v) is 2.49. The van der Waals surface area contributed by atoms with Gasteiger partial charge >= 0.3 is 0 Å². The minimum Gasteiger partial charge on any atom is -0.396 e. The minimum absolute atomic E-state index is 0.0464. The second kappa shape index (κ2) is 5.26. The van der Waals surface area contributed by atoms with Gasteiger partial charge in [0.2, 0.25) is 0 Å². The molecule has 2 N–H and O–H groups in total. The molecule has 0 saturated carbocycles. The number of piperidine rings is 1. The second-order valence-corrected chi connectivity index (χ2v) is 5.31. The molecule has 7 nitrogen and oxygen atoms in total. The monoisotopic (exact) mass is 265 g/mol. The number of hydrogen-bond acceptors (Lipinski definition) is 5. The molecule has 0 spiro atoms. The Morgan fingerprint density at radius 1 is 1.42 bits per heavy atom. The summed E-state index contributed by atoms with van der Waals surface area (Å²) < 4.78 is 1.77. The number of nitrogens with zero attached hydrogens (tertiary/aromatic N) is 4. The molecule has 104 valence electrons. The maximum atomic E-state index is 12.3. The third-order valence-corrected chi connectivity index (χ3v) is 4.02. The summed E-state index contributed by atoms with van der Waals surface area (Å²) in [7, 11) is 0. The zero-order valence-corrected chi connectivity index (χ0v) is 10.8. The lowest BCUT2D eigenvalue weighted by atomic mass is 9.98. The summed E-state index contributed by atoms with van der Waals surface area (Å²) in [4.78, 5) is 14.1. The molecule has 2 saturated heterocycles. The number of nitrogens with one attached hydrogen (secondary N) is 1. The quantitative estimate of drug-likeness (QED) is 0.752. The molecule has 3 rings (SSSR count). The molecule has 0 atom stereocenters. The topological polar surface area (TPSA) is 83.3 Å². The van der Waals surface area contributed by atoms with Crippen LogP contribution in [0.1, 0.15) is 29.4 Å². The van der Waals surface area contributed by atoms with E-state index in [1.807, 2.05) is 0 Å². The van der Waals surface area contributed by atoms with E-state index in [9.17, 15) is 4.79 Å². The van der Waals surface area contributed by atoms with Crippen LogP contribution in [0.4, 0.5) is 0 Å². The average molecular weight is 265 g/mol. The number of aliphatic hydroxyl groups excluding tert-OH is 1. The zero-order chi connectivity index (χ0) is 13.2. The van der Waals surface area contributed by atoms with Gasteiger partial charge in [0.1, 0.15) is 0 Å². The normalized spacial score (nSPS) is 21.4. The summed E-state index contributed by atoms with van der Waals surface area (Å²) in [6.07, 6.45) is 3.47. The van der Waals surface area contributed by atoms with Gasteiger partial charge in [-0.2, -0.15) is 0 Å². The van der Waals surface area contributed by atoms with Crippen LogP contribution in [0.3, 0.4) is 0 Å². The number of hydrogen-bond donors (Lipinski definition) is 2. The highest BCUT2D eigenvalue weighted by molar-refractivity contribution is 5.92. The Kier molecular flexibility index (Phi) is 3.48. The van der Waals surface area contributed by atoms with Gasteiger partial charge in [0, 0.05) is 32.8 Å². The van der Waals surface area contributed by atoms with Gasteiger partial charge in [0.05, 0.1) is 12.2 Å². The molecular weight excluding hydrogens is 246 g/mol.